The van der Waals surface area contributed by atoms with E-state index in [2.05, 4.69) is 76.7 Å². The number of aromatic nitrogens is 2. The van der Waals surface area contributed by atoms with Gasteiger partial charge in [0, 0.05) is 22.5 Å². The molecule has 2 nitrogen and oxygen atoms in total. The summed E-state index contributed by atoms with van der Waals surface area (Å²) < 4.78 is 0. The number of para-hydroxylation sites is 1. The Morgan fingerprint density at radius 2 is 1.35 bits per heavy atom. The Morgan fingerprint density at radius 1 is 0.581 bits per heavy atom. The Bertz CT molecular complexity index is 1490. The number of pyridine rings is 1. The number of rotatable bonds is 0. The number of hydrogen-bond acceptors (Lipinski definition) is 1. The maximum absolute atomic E-state index is 4.08. The summed E-state index contributed by atoms with van der Waals surface area (Å²) >= 11 is 0. The van der Waals surface area contributed by atoms with Crippen molar-refractivity contribution in [2.24, 2.45) is 0 Å². The van der Waals surface area contributed by atoms with Gasteiger partial charge in [0.25, 0.3) is 0 Å². The summed E-state index contributed by atoms with van der Waals surface area (Å²) in [6, 6.07) is 28.3. The highest BCUT2D eigenvalue weighted by Crippen LogP contribution is 2.33. The van der Waals surface area contributed by atoms with Crippen LogP contribution >= 0.6 is 0 Å². The van der Waals surface area contributed by atoms with Crippen LogP contribution in [-0.2, 0) is 12.8 Å². The van der Waals surface area contributed by atoms with Crippen molar-refractivity contribution in [3.8, 4) is 0 Å². The molecule has 0 aliphatic heterocycles. The van der Waals surface area contributed by atoms with Gasteiger partial charge in [0.1, 0.15) is 0 Å². The number of nitrogens with zero attached hydrogens (tertiary/aromatic N) is 1. The molecule has 0 saturated heterocycles. The van der Waals surface area contributed by atoms with Crippen LogP contribution in [0.4, 0.5) is 0 Å². The Morgan fingerprint density at radius 3 is 2.32 bits per heavy atom. The zero-order valence-corrected chi connectivity index (χ0v) is 17.4. The van der Waals surface area contributed by atoms with Crippen molar-refractivity contribution >= 4 is 43.4 Å². The molecule has 2 heterocycles. The van der Waals surface area contributed by atoms with E-state index in [9.17, 15) is 0 Å². The molecular weight excluding hydrogens is 376 g/mol. The van der Waals surface area contributed by atoms with Crippen molar-refractivity contribution in [3.05, 3.63) is 102 Å². The van der Waals surface area contributed by atoms with Crippen LogP contribution in [0.15, 0.2) is 91.3 Å². The molecule has 0 atom stereocenters. The second kappa shape index (κ2) is 7.55. The van der Waals surface area contributed by atoms with Crippen molar-refractivity contribution in [2.45, 2.75) is 25.7 Å². The van der Waals surface area contributed by atoms with E-state index in [0.29, 0.717) is 0 Å². The topological polar surface area (TPSA) is 28.7 Å². The number of aryl methyl sites for hydroxylation is 2. The van der Waals surface area contributed by atoms with E-state index in [1.165, 1.54) is 63.5 Å². The highest BCUT2D eigenvalue weighted by molar-refractivity contribution is 6.09. The number of nitrogens with one attached hydrogen (secondary N) is 1. The second-order valence-corrected chi connectivity index (χ2v) is 8.38. The van der Waals surface area contributed by atoms with E-state index >= 15 is 0 Å². The fourth-order valence-corrected chi connectivity index (χ4v) is 5.04. The number of H-pyrrole nitrogens is 1. The minimum absolute atomic E-state index is 1.10. The summed E-state index contributed by atoms with van der Waals surface area (Å²) in [7, 11) is 0. The number of benzene rings is 4. The van der Waals surface area contributed by atoms with Gasteiger partial charge in [-0.25, -0.2) is 0 Å². The first-order chi connectivity index (χ1) is 15.4. The highest BCUT2D eigenvalue weighted by Gasteiger charge is 2.13. The first-order valence-corrected chi connectivity index (χ1v) is 11.1. The monoisotopic (exact) mass is 400 g/mol. The minimum atomic E-state index is 1.10. The van der Waals surface area contributed by atoms with Gasteiger partial charge in [0.05, 0.1) is 11.7 Å². The molecule has 31 heavy (non-hydrogen) atoms. The van der Waals surface area contributed by atoms with Crippen molar-refractivity contribution in [1.29, 1.82) is 0 Å². The lowest BCUT2D eigenvalue weighted by Gasteiger charge is -2.18. The first-order valence-electron chi connectivity index (χ1n) is 11.1. The molecule has 6 aromatic rings. The van der Waals surface area contributed by atoms with Crippen molar-refractivity contribution in [2.75, 3.05) is 0 Å². The van der Waals surface area contributed by atoms with Gasteiger partial charge in [-0.3, -0.25) is 4.98 Å². The normalized spacial score (nSPS) is 13.3. The van der Waals surface area contributed by atoms with Gasteiger partial charge in [-0.1, -0.05) is 66.7 Å². The third-order valence-electron chi connectivity index (χ3n) is 6.57. The van der Waals surface area contributed by atoms with E-state index in [4.69, 9.17) is 0 Å². The Kier molecular flexibility index (Phi) is 4.42. The van der Waals surface area contributed by atoms with Crippen molar-refractivity contribution in [1.82, 2.24) is 9.97 Å². The van der Waals surface area contributed by atoms with Crippen LogP contribution in [0.1, 0.15) is 24.0 Å². The minimum Gasteiger partial charge on any atom is -0.353 e. The molecule has 0 amide bonds. The first kappa shape index (κ1) is 18.1. The molecule has 0 bridgehead atoms. The smallest absolute Gasteiger partial charge is 0.0651 e. The Balaban J connectivity index is 0.000000126. The summed E-state index contributed by atoms with van der Waals surface area (Å²) in [5, 5.41) is 8.15. The van der Waals surface area contributed by atoms with Crippen LogP contribution in [0.5, 0.6) is 0 Å². The maximum atomic E-state index is 4.08. The van der Waals surface area contributed by atoms with Gasteiger partial charge in [-0.15, -0.1) is 0 Å². The van der Waals surface area contributed by atoms with Gasteiger partial charge in [0.15, 0.2) is 0 Å². The molecule has 0 unspecified atom stereocenters. The van der Waals surface area contributed by atoms with Crippen molar-refractivity contribution in [3.63, 3.8) is 0 Å². The van der Waals surface area contributed by atoms with Crippen LogP contribution in [0.3, 0.4) is 0 Å². The summed E-state index contributed by atoms with van der Waals surface area (Å²) in [6.07, 6.45) is 8.89. The number of fused-ring (bicyclic) bond motifs is 8. The van der Waals surface area contributed by atoms with Crippen LogP contribution in [0.2, 0.25) is 0 Å². The van der Waals surface area contributed by atoms with Crippen LogP contribution in [0, 0.1) is 0 Å². The number of aromatic amines is 1. The molecule has 7 rings (SSSR count). The summed E-state index contributed by atoms with van der Waals surface area (Å²) in [6.45, 7) is 0. The molecule has 2 aromatic heterocycles. The van der Waals surface area contributed by atoms with Crippen LogP contribution in [-0.4, -0.2) is 9.97 Å². The third-order valence-corrected chi connectivity index (χ3v) is 6.57. The molecule has 0 saturated carbocycles. The molecule has 0 radical (unpaired) electrons. The number of hydrogen-bond donors (Lipinski definition) is 1. The highest BCUT2D eigenvalue weighted by atomic mass is 14.7. The van der Waals surface area contributed by atoms with Crippen molar-refractivity contribution < 1.29 is 0 Å². The fourth-order valence-electron chi connectivity index (χ4n) is 5.04. The zero-order chi connectivity index (χ0) is 20.6. The molecule has 1 N–H and O–H groups in total. The van der Waals surface area contributed by atoms with E-state index in [-0.39, 0.29) is 0 Å². The lowest BCUT2D eigenvalue weighted by Crippen LogP contribution is -2.02. The summed E-state index contributed by atoms with van der Waals surface area (Å²) in [5.74, 6) is 0. The van der Waals surface area contributed by atoms with Crippen LogP contribution in [0.25, 0.3) is 43.4 Å². The lowest BCUT2D eigenvalue weighted by atomic mass is 9.86. The molecular formula is C29H24N2. The quantitative estimate of drug-likeness (QED) is 0.261. The van der Waals surface area contributed by atoms with E-state index in [1.807, 2.05) is 24.5 Å². The molecule has 1 aliphatic carbocycles. The van der Waals surface area contributed by atoms with Gasteiger partial charge in [-0.2, -0.15) is 0 Å². The van der Waals surface area contributed by atoms with E-state index in [0.717, 1.165) is 5.52 Å². The molecule has 150 valence electrons. The summed E-state index contributed by atoms with van der Waals surface area (Å²) in [5.41, 5.74) is 5.45. The largest absolute Gasteiger partial charge is 0.353 e. The lowest BCUT2D eigenvalue weighted by molar-refractivity contribution is 0.690. The van der Waals surface area contributed by atoms with E-state index in [1.54, 1.807) is 11.1 Å². The fraction of sp³-hybridized carbons (Fsp3) is 0.138. The average molecular weight is 401 g/mol. The van der Waals surface area contributed by atoms with Gasteiger partial charge in [-0.05, 0) is 70.5 Å². The maximum Gasteiger partial charge on any atom is 0.0651 e. The standard InChI is InChI=1S/C18H16.C11H8N2/c1-3-7-15-13(5-1)9-11-18-16-8-4-2-6-14(16)10-12-17(15)18;1-2-4-10-8(3-1)9-5-6-12-7-11(9)13-10/h1,3,5,7,9-12H,2,4,6,8H2;1-7,13H. The molecule has 2 heteroatoms. The van der Waals surface area contributed by atoms with Gasteiger partial charge < -0.3 is 4.98 Å². The Labute approximate surface area is 181 Å². The third kappa shape index (κ3) is 3.16. The van der Waals surface area contributed by atoms with Crippen LogP contribution < -0.4 is 0 Å². The molecule has 1 aliphatic rings. The molecule has 0 spiro atoms. The SMILES string of the molecule is c1ccc2c(c1)[nH]c1cnccc12.c1ccc2c(c1)ccc1c3c(ccc12)CCCC3. The average Bonchev–Trinajstić information content (AvgIpc) is 3.23. The van der Waals surface area contributed by atoms with Gasteiger partial charge >= 0.3 is 0 Å². The molecule has 4 aromatic carbocycles. The van der Waals surface area contributed by atoms with Gasteiger partial charge in [0.2, 0.25) is 0 Å². The predicted molar refractivity (Wildman–Crippen MR) is 132 cm³/mol. The molecule has 0 fully saturated rings. The van der Waals surface area contributed by atoms with E-state index < -0.39 is 0 Å². The predicted octanol–water partition coefficient (Wildman–Crippen LogP) is 7.59. The summed E-state index contributed by atoms with van der Waals surface area (Å²) in [4.78, 5) is 7.39. The Hall–Kier alpha value is -3.65. The second-order valence-electron chi connectivity index (χ2n) is 8.38. The zero-order valence-electron chi connectivity index (χ0n) is 17.4.